The highest BCUT2D eigenvalue weighted by Gasteiger charge is 2.39. The summed E-state index contributed by atoms with van der Waals surface area (Å²) in [6.45, 7) is -1.84. The number of hydrogen-bond donors (Lipinski definition) is 0. The third-order valence-electron chi connectivity index (χ3n) is 9.01. The van der Waals surface area contributed by atoms with Gasteiger partial charge in [-0.1, -0.05) is 20.4 Å². The zero-order valence-corrected chi connectivity index (χ0v) is 32.4. The second-order valence-corrected chi connectivity index (χ2v) is 13.2. The zero-order chi connectivity index (χ0) is 45.5. The lowest BCUT2D eigenvalue weighted by molar-refractivity contribution is -0.385. The highest BCUT2D eigenvalue weighted by atomic mass is 16.6. The quantitative estimate of drug-likeness (QED) is 0.0777. The average Bonchev–Trinajstić information content (AvgIpc) is 4.17. The van der Waals surface area contributed by atoms with Crippen LogP contribution in [0.3, 0.4) is 0 Å². The topological polar surface area (TPSA) is 384 Å². The molecule has 32 heteroatoms. The van der Waals surface area contributed by atoms with Crippen LogP contribution in [0.2, 0.25) is 0 Å². The molecule has 8 rings (SSSR count). The lowest BCUT2D eigenvalue weighted by Gasteiger charge is -2.31. The molecule has 65 heavy (non-hydrogen) atoms. The molecule has 0 aliphatic carbocycles. The van der Waals surface area contributed by atoms with Gasteiger partial charge in [-0.3, -0.25) is 40.5 Å². The SMILES string of the molecule is O=[N+]([O-])c1ccc(-n2nnnc2OCC(COc2nnnn2-c2ccc([N+](=O)[O-])cc2)(COc2nnnn2-c2ccc([N+](=O)[O-])cc2)COc2nnnn2-c2ccc([N+](=O)[O-])cc2)cc1. The molecule has 0 atom stereocenters. The summed E-state index contributed by atoms with van der Waals surface area (Å²) in [5, 5.41) is 91.8. The molecule has 0 aliphatic rings. The molecule has 4 aromatic carbocycles. The van der Waals surface area contributed by atoms with Gasteiger partial charge in [0.25, 0.3) is 22.7 Å². The van der Waals surface area contributed by atoms with Gasteiger partial charge in [0, 0.05) is 48.5 Å². The highest BCUT2D eigenvalue weighted by Crippen LogP contribution is 2.28. The predicted octanol–water partition coefficient (Wildman–Crippen LogP) is 1.82. The Morgan fingerprint density at radius 1 is 0.369 bits per heavy atom. The first-order valence-electron chi connectivity index (χ1n) is 18.1. The molecule has 0 saturated carbocycles. The van der Waals surface area contributed by atoms with E-state index in [4.69, 9.17) is 18.9 Å². The largest absolute Gasteiger partial charge is 0.461 e. The fourth-order valence-electron chi connectivity index (χ4n) is 5.71. The zero-order valence-electron chi connectivity index (χ0n) is 32.4. The first kappa shape index (κ1) is 41.7. The van der Waals surface area contributed by atoms with Gasteiger partial charge in [0.05, 0.1) is 42.4 Å². The van der Waals surface area contributed by atoms with Gasteiger partial charge in [-0.2, -0.15) is 18.7 Å². The summed E-state index contributed by atoms with van der Waals surface area (Å²) in [6, 6.07) is 20.1. The van der Waals surface area contributed by atoms with E-state index in [0.29, 0.717) is 0 Å². The third kappa shape index (κ3) is 9.18. The Morgan fingerprint density at radius 3 is 0.754 bits per heavy atom. The number of tetrazole rings is 4. The Labute approximate surface area is 358 Å². The van der Waals surface area contributed by atoms with E-state index in [0.717, 1.165) is 18.7 Å². The minimum atomic E-state index is -1.59. The van der Waals surface area contributed by atoms with Crippen LogP contribution in [0.4, 0.5) is 22.7 Å². The smallest absolute Gasteiger partial charge is 0.340 e. The van der Waals surface area contributed by atoms with Crippen LogP contribution in [0.15, 0.2) is 97.1 Å². The number of non-ortho nitro benzene ring substituents is 4. The normalized spacial score (nSPS) is 11.2. The molecule has 0 spiro atoms. The molecular weight excluding hydrogens is 868 g/mol. The average molecular weight is 893 g/mol. The van der Waals surface area contributed by atoms with Crippen LogP contribution in [0, 0.1) is 45.9 Å². The number of aromatic nitrogens is 16. The summed E-state index contributed by atoms with van der Waals surface area (Å²) < 4.78 is 29.5. The number of nitro benzene ring substituents is 4. The van der Waals surface area contributed by atoms with Gasteiger partial charge in [-0.05, 0) is 90.2 Å². The van der Waals surface area contributed by atoms with Crippen LogP contribution in [-0.4, -0.2) is 127 Å². The summed E-state index contributed by atoms with van der Waals surface area (Å²) in [5.41, 5.74) is -1.27. The van der Waals surface area contributed by atoms with Gasteiger partial charge in [0.2, 0.25) is 0 Å². The Hall–Kier alpha value is -10.0. The minimum Gasteiger partial charge on any atom is -0.461 e. The maximum Gasteiger partial charge on any atom is 0.340 e. The van der Waals surface area contributed by atoms with Crippen LogP contribution >= 0.6 is 0 Å². The number of benzene rings is 4. The van der Waals surface area contributed by atoms with Crippen molar-refractivity contribution in [2.45, 2.75) is 0 Å². The van der Waals surface area contributed by atoms with E-state index >= 15 is 0 Å². The first-order chi connectivity index (χ1) is 31.5. The Balaban J connectivity index is 1.16. The van der Waals surface area contributed by atoms with E-state index in [2.05, 4.69) is 62.1 Å². The van der Waals surface area contributed by atoms with Crippen molar-refractivity contribution in [2.24, 2.45) is 5.41 Å². The summed E-state index contributed by atoms with van der Waals surface area (Å²) in [6.07, 6.45) is 0. The maximum atomic E-state index is 11.3. The monoisotopic (exact) mass is 892 g/mol. The molecule has 0 amide bonds. The van der Waals surface area contributed by atoms with Crippen molar-refractivity contribution in [2.75, 3.05) is 26.4 Å². The van der Waals surface area contributed by atoms with Gasteiger partial charge < -0.3 is 18.9 Å². The van der Waals surface area contributed by atoms with E-state index in [1.807, 2.05) is 0 Å². The van der Waals surface area contributed by atoms with E-state index in [9.17, 15) is 40.5 Å². The fourth-order valence-corrected chi connectivity index (χ4v) is 5.71. The molecule has 0 saturated heterocycles. The number of ether oxygens (including phenoxy) is 4. The summed E-state index contributed by atoms with van der Waals surface area (Å²) >= 11 is 0. The van der Waals surface area contributed by atoms with Crippen molar-refractivity contribution in [3.8, 4) is 46.8 Å². The molecule has 0 N–H and O–H groups in total. The van der Waals surface area contributed by atoms with Gasteiger partial charge in [0.1, 0.15) is 31.8 Å². The van der Waals surface area contributed by atoms with Crippen LogP contribution in [0.25, 0.3) is 22.7 Å². The Morgan fingerprint density at radius 2 is 0.569 bits per heavy atom. The molecule has 8 aromatic rings. The van der Waals surface area contributed by atoms with Crippen molar-refractivity contribution < 1.29 is 38.6 Å². The fraction of sp³-hybridized carbons (Fsp3) is 0.152. The van der Waals surface area contributed by atoms with E-state index < -0.39 is 51.5 Å². The molecule has 0 aliphatic heterocycles. The van der Waals surface area contributed by atoms with Crippen molar-refractivity contribution in [1.29, 1.82) is 0 Å². The number of nitro groups is 4. The van der Waals surface area contributed by atoms with Crippen LogP contribution in [0.1, 0.15) is 0 Å². The molecule has 32 nitrogen and oxygen atoms in total. The van der Waals surface area contributed by atoms with Crippen molar-refractivity contribution >= 4 is 22.7 Å². The molecule has 4 aromatic heterocycles. The third-order valence-corrected chi connectivity index (χ3v) is 9.01. The molecule has 4 heterocycles. The second-order valence-electron chi connectivity index (χ2n) is 13.2. The molecule has 0 radical (unpaired) electrons. The summed E-state index contributed by atoms with van der Waals surface area (Å²) in [4.78, 5) is 43.0. The molecule has 0 fully saturated rings. The summed E-state index contributed by atoms with van der Waals surface area (Å²) in [7, 11) is 0. The van der Waals surface area contributed by atoms with Crippen LogP contribution in [0.5, 0.6) is 24.0 Å². The van der Waals surface area contributed by atoms with Crippen LogP contribution in [-0.2, 0) is 0 Å². The van der Waals surface area contributed by atoms with Gasteiger partial charge in [0.15, 0.2) is 0 Å². The minimum absolute atomic E-state index is 0.196. The maximum absolute atomic E-state index is 11.3. The van der Waals surface area contributed by atoms with Crippen molar-refractivity contribution in [3.63, 3.8) is 0 Å². The number of hydrogen-bond acceptors (Lipinski definition) is 24. The van der Waals surface area contributed by atoms with Gasteiger partial charge >= 0.3 is 24.0 Å². The molecular formula is C33H24N20O12. The lowest BCUT2D eigenvalue weighted by Crippen LogP contribution is -2.46. The second kappa shape index (κ2) is 17.9. The number of nitrogens with zero attached hydrogens (tertiary/aromatic N) is 20. The van der Waals surface area contributed by atoms with E-state index in [-0.39, 0.29) is 69.5 Å². The Bertz CT molecular complexity index is 2570. The standard InChI is InChI=1S/C33H24N20O12/c54-50(55)25-9-1-21(2-10-25)46-29(34-38-42-46)62-17-33(18-63-30-35-39-43-47(30)22-3-11-26(12-4-22)51(56)57,19-64-31-36-40-44-48(31)23-5-13-27(14-6-23)52(58)59)20-65-32-37-41-45-49(32)24-7-15-28(16-8-24)53(60)61/h1-16H,17-20H2. The molecule has 0 unspecified atom stereocenters. The van der Waals surface area contributed by atoms with Gasteiger partial charge in [-0.15, -0.1) is 0 Å². The Kier molecular flexibility index (Phi) is 11.5. The van der Waals surface area contributed by atoms with Gasteiger partial charge in [-0.25, -0.2) is 0 Å². The summed E-state index contributed by atoms with van der Waals surface area (Å²) in [5.74, 6) is 0. The van der Waals surface area contributed by atoms with Crippen molar-refractivity contribution in [1.82, 2.24) is 80.8 Å². The van der Waals surface area contributed by atoms with Crippen molar-refractivity contribution in [3.05, 3.63) is 138 Å². The highest BCUT2D eigenvalue weighted by molar-refractivity contribution is 5.44. The lowest BCUT2D eigenvalue weighted by atomic mass is 9.92. The van der Waals surface area contributed by atoms with E-state index in [1.165, 1.54) is 97.1 Å². The van der Waals surface area contributed by atoms with E-state index in [1.54, 1.807) is 0 Å². The number of rotatable bonds is 20. The molecule has 0 bridgehead atoms. The van der Waals surface area contributed by atoms with Crippen LogP contribution < -0.4 is 18.9 Å². The predicted molar refractivity (Wildman–Crippen MR) is 208 cm³/mol. The first-order valence-corrected chi connectivity index (χ1v) is 18.1. The molecule has 328 valence electrons.